The van der Waals surface area contributed by atoms with E-state index in [0.717, 1.165) is 49.4 Å². The van der Waals surface area contributed by atoms with Crippen LogP contribution in [0.5, 0.6) is 5.75 Å². The summed E-state index contributed by atoms with van der Waals surface area (Å²) in [4.78, 5) is 4.40. The number of hydrogen-bond acceptors (Lipinski definition) is 4. The van der Waals surface area contributed by atoms with Crippen LogP contribution in [0.25, 0.3) is 11.0 Å². The van der Waals surface area contributed by atoms with Crippen molar-refractivity contribution in [2.45, 2.75) is 19.4 Å². The summed E-state index contributed by atoms with van der Waals surface area (Å²) in [6, 6.07) is 5.88. The molecule has 2 aromatic rings. The largest absolute Gasteiger partial charge is 0.497 e. The van der Waals surface area contributed by atoms with Crippen LogP contribution in [0.1, 0.15) is 12.8 Å². The highest BCUT2D eigenvalue weighted by atomic mass is 16.5. The average Bonchev–Trinajstić information content (AvgIpc) is 3.02. The number of aromatic nitrogens is 2. The second-order valence-electron chi connectivity index (χ2n) is 4.99. The number of fused-ring (bicyclic) bond motifs is 1. The summed E-state index contributed by atoms with van der Waals surface area (Å²) in [6.07, 6.45) is 2.24. The maximum Gasteiger partial charge on any atom is 0.201 e. The van der Waals surface area contributed by atoms with Crippen molar-refractivity contribution in [3.63, 3.8) is 0 Å². The first kappa shape index (κ1) is 12.3. The van der Waals surface area contributed by atoms with E-state index in [0.29, 0.717) is 11.9 Å². The van der Waals surface area contributed by atoms with Gasteiger partial charge in [0.05, 0.1) is 18.1 Å². The van der Waals surface area contributed by atoms with Crippen LogP contribution in [0.4, 0.5) is 5.95 Å². The molecule has 19 heavy (non-hydrogen) atoms. The quantitative estimate of drug-likeness (QED) is 0.915. The monoisotopic (exact) mass is 261 g/mol. The van der Waals surface area contributed by atoms with Crippen molar-refractivity contribution in [2.24, 2.45) is 5.92 Å². The second kappa shape index (κ2) is 5.09. The van der Waals surface area contributed by atoms with E-state index in [1.807, 2.05) is 18.2 Å². The van der Waals surface area contributed by atoms with E-state index in [1.165, 1.54) is 0 Å². The Morgan fingerprint density at radius 1 is 1.53 bits per heavy atom. The first-order valence-electron chi connectivity index (χ1n) is 6.65. The third kappa shape index (κ3) is 2.38. The van der Waals surface area contributed by atoms with Gasteiger partial charge in [0.1, 0.15) is 5.75 Å². The van der Waals surface area contributed by atoms with Gasteiger partial charge in [0.2, 0.25) is 5.95 Å². The number of aryl methyl sites for hydroxylation is 1. The fraction of sp³-hybridized carbons (Fsp3) is 0.500. The lowest BCUT2D eigenvalue weighted by Gasteiger charge is -2.10. The fourth-order valence-electron chi connectivity index (χ4n) is 2.61. The molecule has 0 bridgehead atoms. The number of benzene rings is 1. The second-order valence-corrected chi connectivity index (χ2v) is 4.99. The molecule has 1 aliphatic heterocycles. The molecule has 0 radical (unpaired) electrons. The number of nitrogen functional groups attached to an aromatic ring is 1. The van der Waals surface area contributed by atoms with Gasteiger partial charge in [-0.05, 0) is 30.9 Å². The van der Waals surface area contributed by atoms with Gasteiger partial charge in [0.25, 0.3) is 0 Å². The third-order valence-electron chi connectivity index (χ3n) is 3.77. The summed E-state index contributed by atoms with van der Waals surface area (Å²) in [5.41, 5.74) is 7.96. The van der Waals surface area contributed by atoms with Gasteiger partial charge in [0, 0.05) is 25.8 Å². The molecule has 2 N–H and O–H groups in total. The van der Waals surface area contributed by atoms with E-state index in [1.54, 1.807) is 7.11 Å². The lowest BCUT2D eigenvalue weighted by atomic mass is 10.1. The van der Waals surface area contributed by atoms with Crippen molar-refractivity contribution in [2.75, 3.05) is 26.1 Å². The van der Waals surface area contributed by atoms with Gasteiger partial charge >= 0.3 is 0 Å². The Kier molecular flexibility index (Phi) is 3.29. The zero-order chi connectivity index (χ0) is 13.2. The standard InChI is InChI=1S/C14H19N3O2/c1-18-11-2-3-13-12(8-11)16-14(15)17(13)6-4-10-5-7-19-9-10/h2-3,8,10H,4-7,9H2,1H3,(H2,15,16). The molecule has 0 saturated carbocycles. The van der Waals surface area contributed by atoms with Gasteiger partial charge in [-0.2, -0.15) is 0 Å². The SMILES string of the molecule is COc1ccc2c(c1)nc(N)n2CCC1CCOC1. The van der Waals surface area contributed by atoms with Crippen molar-refractivity contribution >= 4 is 17.0 Å². The van der Waals surface area contributed by atoms with E-state index in [9.17, 15) is 0 Å². The maximum atomic E-state index is 6.01. The van der Waals surface area contributed by atoms with E-state index in [2.05, 4.69) is 9.55 Å². The van der Waals surface area contributed by atoms with Gasteiger partial charge in [-0.1, -0.05) is 0 Å². The van der Waals surface area contributed by atoms with Crippen LogP contribution in [0, 0.1) is 5.92 Å². The zero-order valence-corrected chi connectivity index (χ0v) is 11.1. The number of anilines is 1. The minimum atomic E-state index is 0.571. The molecular weight excluding hydrogens is 242 g/mol. The van der Waals surface area contributed by atoms with E-state index in [4.69, 9.17) is 15.2 Å². The van der Waals surface area contributed by atoms with Crippen molar-refractivity contribution in [1.29, 1.82) is 0 Å². The molecule has 0 amide bonds. The summed E-state index contributed by atoms with van der Waals surface area (Å²) < 4.78 is 12.7. The predicted octanol–water partition coefficient (Wildman–Crippen LogP) is 2.05. The predicted molar refractivity (Wildman–Crippen MR) is 74.2 cm³/mol. The molecule has 1 saturated heterocycles. The summed E-state index contributed by atoms with van der Waals surface area (Å²) in [5, 5.41) is 0. The van der Waals surface area contributed by atoms with Gasteiger partial charge < -0.3 is 19.8 Å². The van der Waals surface area contributed by atoms with Crippen LogP contribution >= 0.6 is 0 Å². The van der Waals surface area contributed by atoms with Gasteiger partial charge in [-0.3, -0.25) is 0 Å². The number of ether oxygens (including phenoxy) is 2. The number of imidazole rings is 1. The van der Waals surface area contributed by atoms with Crippen molar-refractivity contribution < 1.29 is 9.47 Å². The van der Waals surface area contributed by atoms with Gasteiger partial charge in [-0.25, -0.2) is 4.98 Å². The van der Waals surface area contributed by atoms with E-state index >= 15 is 0 Å². The molecule has 1 atom stereocenters. The first-order valence-corrected chi connectivity index (χ1v) is 6.65. The molecule has 1 unspecified atom stereocenters. The molecule has 1 aromatic heterocycles. The van der Waals surface area contributed by atoms with Crippen LogP contribution in [0.15, 0.2) is 18.2 Å². The van der Waals surface area contributed by atoms with Gasteiger partial charge in [0.15, 0.2) is 0 Å². The lowest BCUT2D eigenvalue weighted by molar-refractivity contribution is 0.183. The summed E-state index contributed by atoms with van der Waals surface area (Å²) in [5.74, 6) is 2.03. The highest BCUT2D eigenvalue weighted by molar-refractivity contribution is 5.79. The third-order valence-corrected chi connectivity index (χ3v) is 3.77. The Hall–Kier alpha value is -1.75. The molecule has 1 aliphatic rings. The van der Waals surface area contributed by atoms with Gasteiger partial charge in [-0.15, -0.1) is 0 Å². The van der Waals surface area contributed by atoms with Crippen molar-refractivity contribution in [1.82, 2.24) is 9.55 Å². The molecule has 0 aliphatic carbocycles. The first-order chi connectivity index (χ1) is 9.28. The molecule has 0 spiro atoms. The van der Waals surface area contributed by atoms with Crippen LogP contribution in [-0.2, 0) is 11.3 Å². The molecule has 2 heterocycles. The minimum Gasteiger partial charge on any atom is -0.497 e. The average molecular weight is 261 g/mol. The molecule has 1 aromatic carbocycles. The molecule has 102 valence electrons. The molecule has 5 heteroatoms. The number of hydrogen-bond donors (Lipinski definition) is 1. The highest BCUT2D eigenvalue weighted by Crippen LogP contribution is 2.25. The Labute approximate surface area is 112 Å². The van der Waals surface area contributed by atoms with Crippen molar-refractivity contribution in [3.05, 3.63) is 18.2 Å². The Bertz CT molecular complexity index is 573. The number of nitrogens with zero attached hydrogens (tertiary/aromatic N) is 2. The molecule has 3 rings (SSSR count). The zero-order valence-electron chi connectivity index (χ0n) is 11.1. The van der Waals surface area contributed by atoms with Crippen LogP contribution in [0.2, 0.25) is 0 Å². The lowest BCUT2D eigenvalue weighted by Crippen LogP contribution is -2.08. The summed E-state index contributed by atoms with van der Waals surface area (Å²) in [7, 11) is 1.65. The Balaban J connectivity index is 1.83. The van der Waals surface area contributed by atoms with Crippen molar-refractivity contribution in [3.8, 4) is 5.75 Å². The Morgan fingerprint density at radius 3 is 3.16 bits per heavy atom. The smallest absolute Gasteiger partial charge is 0.201 e. The molecular formula is C14H19N3O2. The topological polar surface area (TPSA) is 62.3 Å². The molecule has 1 fully saturated rings. The number of methoxy groups -OCH3 is 1. The maximum absolute atomic E-state index is 6.01. The van der Waals surface area contributed by atoms with Crippen LogP contribution in [0.3, 0.4) is 0 Å². The van der Waals surface area contributed by atoms with E-state index < -0.39 is 0 Å². The molecule has 5 nitrogen and oxygen atoms in total. The minimum absolute atomic E-state index is 0.571. The van der Waals surface area contributed by atoms with E-state index in [-0.39, 0.29) is 0 Å². The normalized spacial score (nSPS) is 19.1. The highest BCUT2D eigenvalue weighted by Gasteiger charge is 2.17. The fourth-order valence-corrected chi connectivity index (χ4v) is 2.61. The Morgan fingerprint density at radius 2 is 2.42 bits per heavy atom. The number of nitrogens with two attached hydrogens (primary N) is 1. The summed E-state index contributed by atoms with van der Waals surface area (Å²) >= 11 is 0. The van der Waals surface area contributed by atoms with Crippen LogP contribution in [-0.4, -0.2) is 29.9 Å². The summed E-state index contributed by atoms with van der Waals surface area (Å²) in [6.45, 7) is 2.66. The van der Waals surface area contributed by atoms with Crippen LogP contribution < -0.4 is 10.5 Å². The number of rotatable bonds is 4.